The van der Waals surface area contributed by atoms with Gasteiger partial charge < -0.3 is 10.2 Å². The van der Waals surface area contributed by atoms with Gasteiger partial charge in [-0.2, -0.15) is 0 Å². The molecule has 1 aliphatic heterocycles. The van der Waals surface area contributed by atoms with Crippen molar-refractivity contribution in [3.05, 3.63) is 47.8 Å². The average molecular weight is 353 g/mol. The molecule has 1 atom stereocenters. The molecule has 0 radical (unpaired) electrons. The Morgan fingerprint density at radius 3 is 2.65 bits per heavy atom. The predicted octanol–water partition coefficient (Wildman–Crippen LogP) is 1.60. The topological polar surface area (TPSA) is 80.1 Å². The summed E-state index contributed by atoms with van der Waals surface area (Å²) in [4.78, 5) is 26.5. The highest BCUT2D eigenvalue weighted by Crippen LogP contribution is 2.28. The molecule has 1 unspecified atom stereocenters. The summed E-state index contributed by atoms with van der Waals surface area (Å²) < 4.78 is 1.70. The molecule has 2 aliphatic rings. The van der Waals surface area contributed by atoms with Crippen molar-refractivity contribution in [1.82, 2.24) is 25.2 Å². The normalized spacial score (nSPS) is 18.3. The fourth-order valence-corrected chi connectivity index (χ4v) is 3.17. The molecule has 1 N–H and O–H groups in total. The number of likely N-dealkylation sites (tertiary alicyclic amines) is 1. The van der Waals surface area contributed by atoms with Crippen LogP contribution in [-0.2, 0) is 4.79 Å². The molecule has 1 aliphatic carbocycles. The molecule has 26 heavy (non-hydrogen) atoms. The van der Waals surface area contributed by atoms with Crippen LogP contribution in [0.5, 0.6) is 0 Å². The summed E-state index contributed by atoms with van der Waals surface area (Å²) in [6.45, 7) is 3.85. The molecule has 2 fully saturated rings. The third-order valence-electron chi connectivity index (χ3n) is 5.21. The third kappa shape index (κ3) is 3.47. The molecule has 1 saturated carbocycles. The number of hydrogen-bond acceptors (Lipinski definition) is 4. The lowest BCUT2D eigenvalue weighted by Crippen LogP contribution is -2.52. The van der Waals surface area contributed by atoms with Crippen molar-refractivity contribution < 1.29 is 9.59 Å². The molecule has 2 heterocycles. The van der Waals surface area contributed by atoms with Gasteiger partial charge in [-0.3, -0.25) is 9.59 Å². The second-order valence-corrected chi connectivity index (χ2v) is 7.27. The zero-order valence-electron chi connectivity index (χ0n) is 14.8. The van der Waals surface area contributed by atoms with Gasteiger partial charge in [0.1, 0.15) is 0 Å². The summed E-state index contributed by atoms with van der Waals surface area (Å²) >= 11 is 0. The van der Waals surface area contributed by atoms with Crippen molar-refractivity contribution in [2.45, 2.75) is 31.7 Å². The van der Waals surface area contributed by atoms with E-state index in [9.17, 15) is 9.59 Å². The van der Waals surface area contributed by atoms with Crippen LogP contribution >= 0.6 is 0 Å². The molecule has 1 aromatic carbocycles. The Morgan fingerprint density at radius 2 is 1.96 bits per heavy atom. The molecule has 7 heteroatoms. The maximum absolute atomic E-state index is 12.6. The standard InChI is InChI=1S/C19H23N5O2/c1-13(15-5-3-2-4-6-15)19(26)23-10-16(11-23)24-12-17(21-22-24)18(25)20-9-14-7-8-14/h2-6,12-14,16H,7-11H2,1H3,(H,20,25). The van der Waals surface area contributed by atoms with Gasteiger partial charge >= 0.3 is 0 Å². The predicted molar refractivity (Wildman–Crippen MR) is 95.6 cm³/mol. The zero-order valence-corrected chi connectivity index (χ0v) is 14.8. The van der Waals surface area contributed by atoms with Gasteiger partial charge in [-0.25, -0.2) is 4.68 Å². The Morgan fingerprint density at radius 1 is 1.23 bits per heavy atom. The molecule has 7 nitrogen and oxygen atoms in total. The maximum atomic E-state index is 12.6. The molecule has 4 rings (SSSR count). The van der Waals surface area contributed by atoms with Gasteiger partial charge in [0.05, 0.1) is 18.2 Å². The highest BCUT2D eigenvalue weighted by molar-refractivity contribution is 5.91. The van der Waals surface area contributed by atoms with Crippen LogP contribution in [0.4, 0.5) is 0 Å². The van der Waals surface area contributed by atoms with Crippen LogP contribution in [-0.4, -0.2) is 51.3 Å². The lowest BCUT2D eigenvalue weighted by atomic mass is 9.97. The van der Waals surface area contributed by atoms with Gasteiger partial charge in [-0.05, 0) is 31.2 Å². The molecule has 0 bridgehead atoms. The minimum atomic E-state index is -0.173. The lowest BCUT2D eigenvalue weighted by molar-refractivity contribution is -0.138. The van der Waals surface area contributed by atoms with Gasteiger partial charge in [0.25, 0.3) is 5.91 Å². The number of nitrogens with one attached hydrogen (secondary N) is 1. The SMILES string of the molecule is CC(C(=O)N1CC(n2cc(C(=O)NCC3CC3)nn2)C1)c1ccccc1. The molecule has 2 aromatic rings. The molecular weight excluding hydrogens is 330 g/mol. The van der Waals surface area contributed by atoms with E-state index in [1.807, 2.05) is 42.2 Å². The Labute approximate surface area is 152 Å². The molecular formula is C19H23N5O2. The van der Waals surface area contributed by atoms with Gasteiger partial charge in [0.2, 0.25) is 5.91 Å². The van der Waals surface area contributed by atoms with E-state index in [0.29, 0.717) is 24.7 Å². The Balaban J connectivity index is 1.30. The first kappa shape index (κ1) is 16.8. The molecule has 1 aromatic heterocycles. The van der Waals surface area contributed by atoms with Crippen molar-refractivity contribution in [2.75, 3.05) is 19.6 Å². The van der Waals surface area contributed by atoms with Gasteiger partial charge in [-0.15, -0.1) is 5.10 Å². The number of benzene rings is 1. The van der Waals surface area contributed by atoms with Crippen LogP contribution < -0.4 is 5.32 Å². The van der Waals surface area contributed by atoms with E-state index >= 15 is 0 Å². The van der Waals surface area contributed by atoms with E-state index in [0.717, 1.165) is 12.1 Å². The Bertz CT molecular complexity index is 793. The van der Waals surface area contributed by atoms with Crippen molar-refractivity contribution in [3.8, 4) is 0 Å². The van der Waals surface area contributed by atoms with Crippen molar-refractivity contribution >= 4 is 11.8 Å². The number of rotatable bonds is 6. The second kappa shape index (κ2) is 6.90. The van der Waals surface area contributed by atoms with Crippen molar-refractivity contribution in [3.63, 3.8) is 0 Å². The summed E-state index contributed by atoms with van der Waals surface area (Å²) in [6.07, 6.45) is 4.07. The van der Waals surface area contributed by atoms with Crippen LogP contribution in [0.1, 0.15) is 47.8 Å². The van der Waals surface area contributed by atoms with Crippen LogP contribution in [0.25, 0.3) is 0 Å². The highest BCUT2D eigenvalue weighted by Gasteiger charge is 2.35. The van der Waals surface area contributed by atoms with E-state index in [1.165, 1.54) is 12.8 Å². The average Bonchev–Trinajstić information content (AvgIpc) is 3.34. The summed E-state index contributed by atoms with van der Waals surface area (Å²) in [7, 11) is 0. The monoisotopic (exact) mass is 353 g/mol. The molecule has 2 amide bonds. The molecule has 0 spiro atoms. The third-order valence-corrected chi connectivity index (χ3v) is 5.21. The summed E-state index contributed by atoms with van der Waals surface area (Å²) in [5.41, 5.74) is 1.37. The van der Waals surface area contributed by atoms with E-state index < -0.39 is 0 Å². The molecule has 136 valence electrons. The minimum Gasteiger partial charge on any atom is -0.350 e. The second-order valence-electron chi connectivity index (χ2n) is 7.27. The van der Waals surface area contributed by atoms with Crippen LogP contribution in [0, 0.1) is 5.92 Å². The summed E-state index contributed by atoms with van der Waals surface area (Å²) in [5.74, 6) is 0.423. The van der Waals surface area contributed by atoms with Crippen LogP contribution in [0.15, 0.2) is 36.5 Å². The Hall–Kier alpha value is -2.70. The number of nitrogens with zero attached hydrogens (tertiary/aromatic N) is 4. The fourth-order valence-electron chi connectivity index (χ4n) is 3.17. The first-order valence-electron chi connectivity index (χ1n) is 9.15. The highest BCUT2D eigenvalue weighted by atomic mass is 16.2. The van der Waals surface area contributed by atoms with E-state index in [1.54, 1.807) is 10.9 Å². The van der Waals surface area contributed by atoms with Crippen molar-refractivity contribution in [2.24, 2.45) is 5.92 Å². The van der Waals surface area contributed by atoms with Gasteiger partial charge in [0.15, 0.2) is 5.69 Å². The number of carbonyl (C=O) groups excluding carboxylic acids is 2. The van der Waals surface area contributed by atoms with Crippen molar-refractivity contribution in [1.29, 1.82) is 0 Å². The summed E-state index contributed by atoms with van der Waals surface area (Å²) in [5, 5.41) is 10.9. The smallest absolute Gasteiger partial charge is 0.273 e. The Kier molecular flexibility index (Phi) is 4.44. The van der Waals surface area contributed by atoms with Gasteiger partial charge in [0, 0.05) is 19.6 Å². The van der Waals surface area contributed by atoms with E-state index in [4.69, 9.17) is 0 Å². The largest absolute Gasteiger partial charge is 0.350 e. The maximum Gasteiger partial charge on any atom is 0.273 e. The van der Waals surface area contributed by atoms with Gasteiger partial charge in [-0.1, -0.05) is 35.5 Å². The zero-order chi connectivity index (χ0) is 18.1. The fraction of sp³-hybridized carbons (Fsp3) is 0.474. The number of hydrogen-bond donors (Lipinski definition) is 1. The quantitative estimate of drug-likeness (QED) is 0.855. The number of aromatic nitrogens is 3. The minimum absolute atomic E-state index is 0.0828. The lowest BCUT2D eigenvalue weighted by Gasteiger charge is -2.40. The molecule has 1 saturated heterocycles. The van der Waals surface area contributed by atoms with E-state index in [2.05, 4.69) is 15.6 Å². The first-order chi connectivity index (χ1) is 12.6. The number of carbonyl (C=O) groups is 2. The van der Waals surface area contributed by atoms with E-state index in [-0.39, 0.29) is 23.8 Å². The van der Waals surface area contributed by atoms with Crippen LogP contribution in [0.3, 0.4) is 0 Å². The number of amides is 2. The van der Waals surface area contributed by atoms with Crippen LogP contribution in [0.2, 0.25) is 0 Å². The first-order valence-corrected chi connectivity index (χ1v) is 9.15. The summed E-state index contributed by atoms with van der Waals surface area (Å²) in [6, 6.07) is 9.88.